The van der Waals surface area contributed by atoms with Crippen molar-refractivity contribution in [3.8, 4) is 11.1 Å². The summed E-state index contributed by atoms with van der Waals surface area (Å²) in [4.78, 5) is 29.9. The van der Waals surface area contributed by atoms with Gasteiger partial charge in [-0.3, -0.25) is 0 Å². The summed E-state index contributed by atoms with van der Waals surface area (Å²) in [6.45, 7) is 1.54. The molecule has 5 rings (SSSR count). The summed E-state index contributed by atoms with van der Waals surface area (Å²) in [5.74, 6) is -0.759. The lowest BCUT2D eigenvalue weighted by Crippen LogP contribution is -2.51. The van der Waals surface area contributed by atoms with Crippen molar-refractivity contribution in [2.24, 2.45) is 0 Å². The fraction of sp³-hybridized carbons (Fsp3) is 0.385. The van der Waals surface area contributed by atoms with Gasteiger partial charge in [-0.25, -0.2) is 14.0 Å². The second kappa shape index (κ2) is 8.41. The van der Waals surface area contributed by atoms with E-state index < -0.39 is 5.97 Å². The first-order valence-corrected chi connectivity index (χ1v) is 11.3. The number of amides is 2. The second-order valence-corrected chi connectivity index (χ2v) is 8.78. The first-order chi connectivity index (χ1) is 15.6. The lowest BCUT2D eigenvalue weighted by Gasteiger charge is -2.39. The molecule has 2 bridgehead atoms. The molecule has 2 amide bonds. The molecule has 2 atom stereocenters. The van der Waals surface area contributed by atoms with Gasteiger partial charge in [-0.15, -0.1) is 0 Å². The van der Waals surface area contributed by atoms with E-state index in [9.17, 15) is 9.59 Å². The van der Waals surface area contributed by atoms with E-state index in [1.807, 2.05) is 46.2 Å². The van der Waals surface area contributed by atoms with Crippen LogP contribution in [0.2, 0.25) is 0 Å². The number of benzene rings is 2. The summed E-state index contributed by atoms with van der Waals surface area (Å²) in [5, 5.41) is 0. The maximum Gasteiger partial charge on any atom is 0.336 e. The minimum absolute atomic E-state index is 0.0149. The molecule has 2 aromatic carbocycles. The van der Waals surface area contributed by atoms with E-state index in [1.54, 1.807) is 6.07 Å². The lowest BCUT2D eigenvalue weighted by atomic mass is 9.87. The van der Waals surface area contributed by atoms with Crippen molar-refractivity contribution < 1.29 is 18.7 Å². The van der Waals surface area contributed by atoms with Gasteiger partial charge in [-0.1, -0.05) is 42.5 Å². The molecule has 2 aromatic rings. The van der Waals surface area contributed by atoms with Gasteiger partial charge in [0.15, 0.2) is 0 Å². The molecule has 3 aliphatic rings. The number of carbonyl (C=O) groups excluding carboxylic acids is 2. The molecular formula is C26H27FN2O3. The molecule has 166 valence electrons. The Morgan fingerprint density at radius 2 is 1.75 bits per heavy atom. The Hall–Kier alpha value is -3.15. The number of fused-ring (bicyclic) bond motifs is 2. The Morgan fingerprint density at radius 3 is 2.44 bits per heavy atom. The highest BCUT2D eigenvalue weighted by atomic mass is 19.1. The Morgan fingerprint density at radius 1 is 1.00 bits per heavy atom. The Labute approximate surface area is 187 Å². The molecule has 32 heavy (non-hydrogen) atoms. The van der Waals surface area contributed by atoms with Crippen molar-refractivity contribution >= 4 is 17.6 Å². The number of hydrogen-bond acceptors (Lipinski definition) is 3. The number of halogens is 1. The van der Waals surface area contributed by atoms with Crippen molar-refractivity contribution in [1.82, 2.24) is 9.80 Å². The fourth-order valence-corrected chi connectivity index (χ4v) is 5.47. The topological polar surface area (TPSA) is 49.9 Å². The summed E-state index contributed by atoms with van der Waals surface area (Å²) in [6.07, 6.45) is 4.13. The zero-order valence-electron chi connectivity index (χ0n) is 18.2. The minimum Gasteiger partial charge on any atom is -0.466 e. The molecule has 0 N–H and O–H groups in total. The third kappa shape index (κ3) is 3.48. The fourth-order valence-electron chi connectivity index (χ4n) is 5.47. The number of urea groups is 1. The second-order valence-electron chi connectivity index (χ2n) is 8.78. The number of likely N-dealkylation sites (tertiary alicyclic amines) is 1. The molecule has 2 fully saturated rings. The highest BCUT2D eigenvalue weighted by molar-refractivity contribution is 6.01. The maximum atomic E-state index is 15.1. The zero-order valence-corrected chi connectivity index (χ0v) is 18.2. The van der Waals surface area contributed by atoms with Crippen molar-refractivity contribution in [2.45, 2.75) is 44.2 Å². The number of nitrogens with zero attached hydrogens (tertiary/aromatic N) is 2. The average molecular weight is 435 g/mol. The summed E-state index contributed by atoms with van der Waals surface area (Å²) in [5.41, 5.74) is 3.32. The molecule has 3 heterocycles. The number of carbonyl (C=O) groups is 2. The molecule has 2 unspecified atom stereocenters. The molecule has 0 aromatic heterocycles. The summed E-state index contributed by atoms with van der Waals surface area (Å²) >= 11 is 0. The van der Waals surface area contributed by atoms with E-state index in [0.717, 1.165) is 49.9 Å². The van der Waals surface area contributed by atoms with E-state index in [4.69, 9.17) is 4.74 Å². The number of methoxy groups -OCH3 is 1. The Kier molecular flexibility index (Phi) is 5.45. The van der Waals surface area contributed by atoms with Crippen LogP contribution >= 0.6 is 0 Å². The molecule has 2 saturated heterocycles. The van der Waals surface area contributed by atoms with Crippen molar-refractivity contribution in [2.75, 3.05) is 20.2 Å². The summed E-state index contributed by atoms with van der Waals surface area (Å²) < 4.78 is 20.2. The van der Waals surface area contributed by atoms with Crippen LogP contribution in [0.4, 0.5) is 9.18 Å². The molecule has 0 spiro atoms. The van der Waals surface area contributed by atoms with E-state index in [0.29, 0.717) is 23.1 Å². The van der Waals surface area contributed by atoms with Crippen LogP contribution in [0.15, 0.2) is 54.1 Å². The van der Waals surface area contributed by atoms with E-state index >= 15 is 4.39 Å². The first kappa shape index (κ1) is 20.7. The van der Waals surface area contributed by atoms with E-state index in [1.165, 1.54) is 13.2 Å². The highest BCUT2D eigenvalue weighted by Crippen LogP contribution is 2.44. The van der Waals surface area contributed by atoms with Gasteiger partial charge in [0, 0.05) is 24.7 Å². The van der Waals surface area contributed by atoms with Crippen LogP contribution in [0.1, 0.15) is 37.7 Å². The lowest BCUT2D eigenvalue weighted by molar-refractivity contribution is -0.136. The SMILES string of the molecule is COC(=O)C1=C(c2ccc(-c3ccccc3)c(F)c2)CC2CCC1N2C(=O)N1CCCC1. The minimum atomic E-state index is -0.433. The molecule has 5 nitrogen and oxygen atoms in total. The molecule has 0 radical (unpaired) electrons. The number of ether oxygens (including phenoxy) is 1. The smallest absolute Gasteiger partial charge is 0.336 e. The average Bonchev–Trinajstić information content (AvgIpc) is 3.46. The molecule has 0 saturated carbocycles. The predicted molar refractivity (Wildman–Crippen MR) is 120 cm³/mol. The predicted octanol–water partition coefficient (Wildman–Crippen LogP) is 4.87. The summed E-state index contributed by atoms with van der Waals surface area (Å²) in [6, 6.07) is 14.3. The molecule has 0 aliphatic carbocycles. The van der Waals surface area contributed by atoms with Gasteiger partial charge >= 0.3 is 12.0 Å². The van der Waals surface area contributed by atoms with Crippen LogP contribution in [0.3, 0.4) is 0 Å². The Balaban J connectivity index is 1.54. The van der Waals surface area contributed by atoms with Crippen LogP contribution in [0, 0.1) is 5.82 Å². The van der Waals surface area contributed by atoms with Gasteiger partial charge < -0.3 is 14.5 Å². The molecule has 3 aliphatic heterocycles. The quantitative estimate of drug-likeness (QED) is 0.648. The largest absolute Gasteiger partial charge is 0.466 e. The number of esters is 1. The molecule has 6 heteroatoms. The van der Waals surface area contributed by atoms with Gasteiger partial charge in [0.1, 0.15) is 5.82 Å². The first-order valence-electron chi connectivity index (χ1n) is 11.3. The molecular weight excluding hydrogens is 407 g/mol. The number of hydrogen-bond donors (Lipinski definition) is 0. The third-order valence-electron chi connectivity index (χ3n) is 7.01. The van der Waals surface area contributed by atoms with Crippen LogP contribution < -0.4 is 0 Å². The van der Waals surface area contributed by atoms with Gasteiger partial charge in [0.2, 0.25) is 0 Å². The monoisotopic (exact) mass is 434 g/mol. The van der Waals surface area contributed by atoms with Crippen molar-refractivity contribution in [3.05, 3.63) is 65.5 Å². The number of rotatable bonds is 3. The zero-order chi connectivity index (χ0) is 22.2. The standard InChI is InChI=1S/C26H27FN2O3/c1-32-25(30)24-21(18-9-11-20(22(27)15-18)17-7-3-2-4-8-17)16-19-10-12-23(24)29(19)26(31)28-13-5-6-14-28/h2-4,7-9,11,15,19,23H,5-6,10,12-14,16H2,1H3. The summed E-state index contributed by atoms with van der Waals surface area (Å²) in [7, 11) is 1.36. The van der Waals surface area contributed by atoms with Crippen LogP contribution in [0.5, 0.6) is 0 Å². The highest BCUT2D eigenvalue weighted by Gasteiger charge is 2.47. The Bertz CT molecular complexity index is 1080. The van der Waals surface area contributed by atoms with Gasteiger partial charge in [0.25, 0.3) is 0 Å². The van der Waals surface area contributed by atoms with Gasteiger partial charge in [0.05, 0.1) is 18.7 Å². The van der Waals surface area contributed by atoms with Gasteiger partial charge in [-0.2, -0.15) is 0 Å². The van der Waals surface area contributed by atoms with Crippen LogP contribution in [-0.4, -0.2) is 54.1 Å². The van der Waals surface area contributed by atoms with E-state index in [-0.39, 0.29) is 23.9 Å². The van der Waals surface area contributed by atoms with E-state index in [2.05, 4.69) is 0 Å². The maximum absolute atomic E-state index is 15.1. The normalized spacial score (nSPS) is 22.4. The van der Waals surface area contributed by atoms with Gasteiger partial charge in [-0.05, 0) is 54.9 Å². The van der Waals surface area contributed by atoms with Crippen molar-refractivity contribution in [3.63, 3.8) is 0 Å². The third-order valence-corrected chi connectivity index (χ3v) is 7.01. The van der Waals surface area contributed by atoms with Crippen molar-refractivity contribution in [1.29, 1.82) is 0 Å². The van der Waals surface area contributed by atoms with Crippen LogP contribution in [-0.2, 0) is 9.53 Å². The van der Waals surface area contributed by atoms with Crippen LogP contribution in [0.25, 0.3) is 16.7 Å².